The molecule has 0 spiro atoms. The van der Waals surface area contributed by atoms with Crippen molar-refractivity contribution >= 4 is 34.4 Å². The van der Waals surface area contributed by atoms with Crippen LogP contribution in [0.25, 0.3) is 5.65 Å². The second-order valence-corrected chi connectivity index (χ2v) is 7.78. The first-order valence-electron chi connectivity index (χ1n) is 7.73. The predicted octanol–water partition coefficient (Wildman–Crippen LogP) is 3.08. The number of halogens is 4. The number of carbonyl (C=O) groups is 1. The zero-order valence-electron chi connectivity index (χ0n) is 13.1. The molecule has 1 fully saturated rings. The molecule has 0 saturated heterocycles. The maximum absolute atomic E-state index is 13.1. The zero-order chi connectivity index (χ0) is 18.6. The first kappa shape index (κ1) is 17.3. The van der Waals surface area contributed by atoms with Gasteiger partial charge in [-0.1, -0.05) is 11.6 Å². The summed E-state index contributed by atoms with van der Waals surface area (Å²) in [4.78, 5) is 16.4. The zero-order valence-corrected chi connectivity index (χ0v) is 14.7. The Hall–Kier alpha value is -2.13. The van der Waals surface area contributed by atoms with Gasteiger partial charge >= 0.3 is 12.0 Å². The first-order chi connectivity index (χ1) is 12.3. The lowest BCUT2D eigenvalue weighted by molar-refractivity contribution is -0.583. The Kier molecular flexibility index (Phi) is 3.96. The van der Waals surface area contributed by atoms with Crippen LogP contribution in [0.3, 0.4) is 0 Å². The van der Waals surface area contributed by atoms with E-state index in [0.29, 0.717) is 10.5 Å². The lowest BCUT2D eigenvalue weighted by Crippen LogP contribution is -2.28. The summed E-state index contributed by atoms with van der Waals surface area (Å²) < 4.78 is 41.8. The molecule has 3 aromatic rings. The van der Waals surface area contributed by atoms with Crippen molar-refractivity contribution in [1.29, 1.82) is 0 Å². The van der Waals surface area contributed by atoms with Gasteiger partial charge < -0.3 is 5.11 Å². The topological polar surface area (TPSA) is 62.0 Å². The molecular formula is C16H11ClF3N3O2S. The van der Waals surface area contributed by atoms with Gasteiger partial charge in [-0.05, 0) is 30.9 Å². The second-order valence-electron chi connectivity index (χ2n) is 6.08. The number of thiazole rings is 1. The third kappa shape index (κ3) is 2.84. The molecule has 4 rings (SSSR count). The average molecular weight is 402 g/mol. The van der Waals surface area contributed by atoms with Gasteiger partial charge in [0.25, 0.3) is 5.65 Å². The van der Waals surface area contributed by atoms with Crippen LogP contribution in [0.5, 0.6) is 5.88 Å². The van der Waals surface area contributed by atoms with E-state index in [-0.39, 0.29) is 16.9 Å². The van der Waals surface area contributed by atoms with E-state index >= 15 is 0 Å². The Balaban J connectivity index is 1.99. The van der Waals surface area contributed by atoms with Crippen LogP contribution in [0.4, 0.5) is 13.2 Å². The number of alkyl halides is 3. The first-order valence-corrected chi connectivity index (χ1v) is 8.92. The largest absolute Gasteiger partial charge is 0.839 e. The Morgan fingerprint density at radius 3 is 2.77 bits per heavy atom. The van der Waals surface area contributed by atoms with E-state index in [1.165, 1.54) is 12.4 Å². The van der Waals surface area contributed by atoms with Gasteiger partial charge in [-0.25, -0.2) is 14.0 Å². The van der Waals surface area contributed by atoms with Crippen LogP contribution in [0, 0.1) is 0 Å². The molecule has 0 radical (unpaired) electrons. The molecule has 136 valence electrons. The van der Waals surface area contributed by atoms with Crippen LogP contribution in [-0.2, 0) is 6.54 Å². The fourth-order valence-electron chi connectivity index (χ4n) is 3.04. The highest BCUT2D eigenvalue weighted by Gasteiger charge is 2.46. The smallest absolute Gasteiger partial charge is 0.458 e. The summed E-state index contributed by atoms with van der Waals surface area (Å²) in [5.74, 6) is -2.94. The third-order valence-corrected chi connectivity index (χ3v) is 5.37. The molecule has 26 heavy (non-hydrogen) atoms. The van der Waals surface area contributed by atoms with Crippen molar-refractivity contribution in [2.24, 2.45) is 0 Å². The number of nitrogens with zero attached hydrogens (tertiary/aromatic N) is 3. The molecule has 3 heterocycles. The molecule has 0 aliphatic heterocycles. The molecular weight excluding hydrogens is 391 g/mol. The van der Waals surface area contributed by atoms with Crippen LogP contribution in [0.2, 0.25) is 4.47 Å². The minimum absolute atomic E-state index is 0.0863. The van der Waals surface area contributed by atoms with Gasteiger partial charge in [0.2, 0.25) is 5.69 Å². The molecule has 0 unspecified atom stereocenters. The van der Waals surface area contributed by atoms with Gasteiger partial charge in [0.1, 0.15) is 12.4 Å². The molecule has 5 nitrogen and oxygen atoms in total. The number of aromatic nitrogens is 3. The molecule has 10 heteroatoms. The minimum Gasteiger partial charge on any atom is -0.839 e. The van der Waals surface area contributed by atoms with Crippen molar-refractivity contribution < 1.29 is 27.5 Å². The summed E-state index contributed by atoms with van der Waals surface area (Å²) in [5, 5.41) is 12.6. The normalized spacial score (nSPS) is 14.9. The Morgan fingerprint density at radius 1 is 1.46 bits per heavy atom. The quantitative estimate of drug-likeness (QED) is 0.498. The summed E-state index contributed by atoms with van der Waals surface area (Å²) in [6.07, 6.45) is -0.540. The maximum Gasteiger partial charge on any atom is 0.458 e. The molecule has 3 aromatic heterocycles. The molecule has 0 aromatic carbocycles. The van der Waals surface area contributed by atoms with E-state index < -0.39 is 23.5 Å². The highest BCUT2D eigenvalue weighted by Crippen LogP contribution is 2.42. The predicted molar refractivity (Wildman–Crippen MR) is 85.6 cm³/mol. The summed E-state index contributed by atoms with van der Waals surface area (Å²) in [6, 6.07) is 3.39. The van der Waals surface area contributed by atoms with Crippen LogP contribution in [0.15, 0.2) is 24.5 Å². The molecule has 1 aliphatic rings. The average Bonchev–Trinajstić information content (AvgIpc) is 3.29. The van der Waals surface area contributed by atoms with E-state index in [9.17, 15) is 23.1 Å². The van der Waals surface area contributed by atoms with Gasteiger partial charge in [0, 0.05) is 11.8 Å². The van der Waals surface area contributed by atoms with Crippen LogP contribution in [0.1, 0.15) is 39.7 Å². The van der Waals surface area contributed by atoms with Gasteiger partial charge in [0.05, 0.1) is 11.1 Å². The summed E-state index contributed by atoms with van der Waals surface area (Å²) in [6.45, 7) is -0.0863. The highest BCUT2D eigenvalue weighted by molar-refractivity contribution is 7.15. The number of carbonyl (C=O) groups excluding carboxylic acids is 1. The van der Waals surface area contributed by atoms with E-state index in [1.54, 1.807) is 12.1 Å². The van der Waals surface area contributed by atoms with Crippen molar-refractivity contribution in [3.05, 3.63) is 45.1 Å². The highest BCUT2D eigenvalue weighted by atomic mass is 35.5. The number of hydrogen-bond donors (Lipinski definition) is 0. The van der Waals surface area contributed by atoms with Crippen molar-refractivity contribution in [3.8, 4) is 5.88 Å². The van der Waals surface area contributed by atoms with Crippen LogP contribution >= 0.6 is 22.9 Å². The van der Waals surface area contributed by atoms with E-state index in [0.717, 1.165) is 38.7 Å². The molecule has 0 amide bonds. The summed E-state index contributed by atoms with van der Waals surface area (Å²) in [5.41, 5.74) is 0.189. The summed E-state index contributed by atoms with van der Waals surface area (Å²) in [7, 11) is 0. The number of pyridine rings is 1. The molecule has 1 saturated carbocycles. The molecule has 1 aliphatic carbocycles. The summed E-state index contributed by atoms with van der Waals surface area (Å²) >= 11 is 6.89. The van der Waals surface area contributed by atoms with Crippen molar-refractivity contribution in [2.45, 2.75) is 31.5 Å². The molecule has 0 bridgehead atoms. The van der Waals surface area contributed by atoms with Crippen molar-refractivity contribution in [2.75, 3.05) is 0 Å². The van der Waals surface area contributed by atoms with Gasteiger partial charge in [0.15, 0.2) is 4.47 Å². The second kappa shape index (κ2) is 5.95. The van der Waals surface area contributed by atoms with E-state index in [1.807, 2.05) is 0 Å². The van der Waals surface area contributed by atoms with E-state index in [4.69, 9.17) is 11.6 Å². The number of rotatable bonds is 4. The van der Waals surface area contributed by atoms with Gasteiger partial charge in [-0.15, -0.1) is 11.3 Å². The number of ketones is 1. The minimum atomic E-state index is -5.14. The standard InChI is InChI=1S/C16H11ClF3N3O2S/c17-15-21-6-9(26-15)7-23-11(12(24)16(18,19)20)14(25)22-5-1-2-10(13(22)23)8-3-4-8/h1-2,5-6,8H,3-4,7H2. The van der Waals surface area contributed by atoms with Crippen molar-refractivity contribution in [3.63, 3.8) is 0 Å². The molecule has 0 N–H and O–H groups in total. The van der Waals surface area contributed by atoms with Gasteiger partial charge in [-0.3, -0.25) is 4.79 Å². The van der Waals surface area contributed by atoms with Gasteiger partial charge in [-0.2, -0.15) is 13.2 Å². The lowest BCUT2D eigenvalue weighted by Gasteiger charge is -2.07. The Labute approximate surface area is 154 Å². The number of Topliss-reactive ketones (excluding diaryl/α,β-unsaturated/α-hetero) is 1. The van der Waals surface area contributed by atoms with Crippen LogP contribution < -0.4 is 9.51 Å². The third-order valence-electron chi connectivity index (χ3n) is 4.27. The Morgan fingerprint density at radius 2 is 2.19 bits per heavy atom. The number of hydrogen-bond acceptors (Lipinski definition) is 4. The fourth-order valence-corrected chi connectivity index (χ4v) is 4.00. The monoisotopic (exact) mass is 401 g/mol. The number of fused-ring (bicyclic) bond motifs is 1. The maximum atomic E-state index is 13.1. The van der Waals surface area contributed by atoms with Crippen LogP contribution in [-0.4, -0.2) is 21.5 Å². The molecule has 0 atom stereocenters. The lowest BCUT2D eigenvalue weighted by atomic mass is 10.2. The fraction of sp³-hybridized carbons (Fsp3) is 0.312. The Bertz CT molecular complexity index is 1020. The number of imidazole rings is 1. The van der Waals surface area contributed by atoms with Crippen molar-refractivity contribution in [1.82, 2.24) is 9.55 Å². The SMILES string of the molecule is O=C(c1c([O-])[n+]2cccc(C3CC3)c2n1Cc1cnc(Cl)s1)C(F)(F)F. The van der Waals surface area contributed by atoms with E-state index in [2.05, 4.69) is 4.98 Å².